The molecule has 50 heavy (non-hydrogen) atoms. The van der Waals surface area contributed by atoms with Crippen LogP contribution in [0.4, 0.5) is 0 Å². The van der Waals surface area contributed by atoms with E-state index in [4.69, 9.17) is 0 Å². The summed E-state index contributed by atoms with van der Waals surface area (Å²) in [5.74, 6) is 0. The highest BCUT2D eigenvalue weighted by molar-refractivity contribution is 6.11. The first-order valence-corrected chi connectivity index (χ1v) is 16.3. The highest BCUT2D eigenvalue weighted by Crippen LogP contribution is 2.42. The van der Waals surface area contributed by atoms with Gasteiger partial charge in [0.2, 0.25) is 0 Å². The van der Waals surface area contributed by atoms with Gasteiger partial charge < -0.3 is 9.13 Å². The fraction of sp³-hybridized carbons (Fsp3) is 0. The van der Waals surface area contributed by atoms with Crippen LogP contribution in [0, 0.1) is 34.0 Å². The number of fused-ring (bicyclic) bond motifs is 6. The maximum Gasteiger partial charge on any atom is 0.0998 e. The molecule has 0 aliphatic rings. The molecule has 2 aromatic heterocycles. The van der Waals surface area contributed by atoms with Gasteiger partial charge in [0.1, 0.15) is 0 Å². The van der Waals surface area contributed by atoms with E-state index in [1.54, 1.807) is 0 Å². The SMILES string of the molecule is N#Cc1ccc2c(c1)c1ccccc1n2-c1ccc(-c2ccccc2-c2c(C#N)cccc2-n2c3ccccc3c3cc(C#N)ccc32)cc1. The zero-order chi connectivity index (χ0) is 33.8. The molecule has 0 saturated heterocycles. The summed E-state index contributed by atoms with van der Waals surface area (Å²) in [6, 6.07) is 57.8. The summed E-state index contributed by atoms with van der Waals surface area (Å²) in [6.45, 7) is 0. The average Bonchev–Trinajstić information content (AvgIpc) is 3.69. The van der Waals surface area contributed by atoms with Gasteiger partial charge in [-0.2, -0.15) is 15.8 Å². The molecule has 0 amide bonds. The van der Waals surface area contributed by atoms with Crippen LogP contribution in [0.3, 0.4) is 0 Å². The standard InChI is InChI=1S/C45H25N5/c46-26-29-16-22-42-38(24-29)35-10-3-5-13-40(35)49(42)33-20-18-31(19-21-33)34-9-1-2-12-37(34)45-32(28-48)8-7-15-44(45)50-41-14-6-4-11-36(41)39-25-30(27-47)17-23-43(39)50/h1-25H. The molecule has 9 rings (SSSR count). The van der Waals surface area contributed by atoms with E-state index in [0.29, 0.717) is 16.7 Å². The molecular formula is C45H25N5. The van der Waals surface area contributed by atoms with Gasteiger partial charge in [0, 0.05) is 32.8 Å². The topological polar surface area (TPSA) is 81.2 Å². The predicted octanol–water partition coefficient (Wildman–Crippen LogP) is 10.8. The van der Waals surface area contributed by atoms with Crippen LogP contribution in [-0.4, -0.2) is 9.13 Å². The zero-order valence-corrected chi connectivity index (χ0v) is 26.7. The molecule has 7 aromatic carbocycles. The first-order chi connectivity index (χ1) is 24.7. The van der Waals surface area contributed by atoms with Gasteiger partial charge in [0.15, 0.2) is 0 Å². The summed E-state index contributed by atoms with van der Waals surface area (Å²) < 4.78 is 4.45. The van der Waals surface area contributed by atoms with Crippen molar-refractivity contribution in [1.82, 2.24) is 9.13 Å². The Hall–Kier alpha value is -7.39. The van der Waals surface area contributed by atoms with E-state index < -0.39 is 0 Å². The lowest BCUT2D eigenvalue weighted by atomic mass is 9.90. The smallest absolute Gasteiger partial charge is 0.0998 e. The van der Waals surface area contributed by atoms with Gasteiger partial charge in [-0.3, -0.25) is 0 Å². The van der Waals surface area contributed by atoms with Crippen molar-refractivity contribution in [3.63, 3.8) is 0 Å². The number of hydrogen-bond acceptors (Lipinski definition) is 3. The molecule has 0 bridgehead atoms. The molecule has 5 nitrogen and oxygen atoms in total. The molecule has 0 atom stereocenters. The van der Waals surface area contributed by atoms with Gasteiger partial charge in [0.05, 0.1) is 62.7 Å². The Kier molecular flexibility index (Phi) is 6.56. The van der Waals surface area contributed by atoms with Crippen LogP contribution in [0.25, 0.3) is 77.2 Å². The molecule has 0 spiro atoms. The molecule has 0 radical (unpaired) electrons. The van der Waals surface area contributed by atoms with Gasteiger partial charge in [0.25, 0.3) is 0 Å². The number of nitrogens with zero attached hydrogens (tertiary/aromatic N) is 5. The van der Waals surface area contributed by atoms with Gasteiger partial charge in [-0.1, -0.05) is 78.9 Å². The van der Waals surface area contributed by atoms with Crippen molar-refractivity contribution < 1.29 is 0 Å². The number of para-hydroxylation sites is 2. The Morgan fingerprint density at radius 2 is 0.940 bits per heavy atom. The third kappa shape index (κ3) is 4.31. The predicted molar refractivity (Wildman–Crippen MR) is 200 cm³/mol. The molecule has 9 aromatic rings. The molecule has 230 valence electrons. The van der Waals surface area contributed by atoms with E-state index in [0.717, 1.165) is 77.2 Å². The Morgan fingerprint density at radius 3 is 1.56 bits per heavy atom. The normalized spacial score (nSPS) is 11.1. The lowest BCUT2D eigenvalue weighted by molar-refractivity contribution is 1.18. The zero-order valence-electron chi connectivity index (χ0n) is 26.7. The maximum absolute atomic E-state index is 10.5. The van der Waals surface area contributed by atoms with E-state index in [-0.39, 0.29) is 0 Å². The molecule has 0 aliphatic heterocycles. The van der Waals surface area contributed by atoms with Gasteiger partial charge in [-0.05, 0) is 89.5 Å². The first kappa shape index (κ1) is 28.8. The van der Waals surface area contributed by atoms with E-state index >= 15 is 0 Å². The van der Waals surface area contributed by atoms with Crippen LogP contribution >= 0.6 is 0 Å². The van der Waals surface area contributed by atoms with Crippen LogP contribution in [0.5, 0.6) is 0 Å². The Labute approximate surface area is 287 Å². The second-order valence-corrected chi connectivity index (χ2v) is 12.3. The van der Waals surface area contributed by atoms with E-state index in [9.17, 15) is 15.8 Å². The number of nitriles is 3. The second-order valence-electron chi connectivity index (χ2n) is 12.3. The number of aromatic nitrogens is 2. The molecule has 0 N–H and O–H groups in total. The van der Waals surface area contributed by atoms with Crippen molar-refractivity contribution >= 4 is 43.6 Å². The van der Waals surface area contributed by atoms with E-state index in [2.05, 4.69) is 94.1 Å². The fourth-order valence-electron chi connectivity index (χ4n) is 7.47. The monoisotopic (exact) mass is 635 g/mol. The lowest BCUT2D eigenvalue weighted by Crippen LogP contribution is -2.00. The highest BCUT2D eigenvalue weighted by atomic mass is 15.0. The van der Waals surface area contributed by atoms with Crippen molar-refractivity contribution in [1.29, 1.82) is 15.8 Å². The maximum atomic E-state index is 10.5. The highest BCUT2D eigenvalue weighted by Gasteiger charge is 2.21. The summed E-state index contributed by atoms with van der Waals surface area (Å²) >= 11 is 0. The molecule has 5 heteroatoms. The van der Waals surface area contributed by atoms with Crippen LogP contribution < -0.4 is 0 Å². The fourth-order valence-corrected chi connectivity index (χ4v) is 7.47. The van der Waals surface area contributed by atoms with Crippen LogP contribution in [0.1, 0.15) is 16.7 Å². The Balaban J connectivity index is 1.24. The Bertz CT molecular complexity index is 2960. The van der Waals surface area contributed by atoms with Crippen molar-refractivity contribution in [2.24, 2.45) is 0 Å². The van der Waals surface area contributed by atoms with Gasteiger partial charge in [-0.15, -0.1) is 0 Å². The summed E-state index contributed by atoms with van der Waals surface area (Å²) in [4.78, 5) is 0. The summed E-state index contributed by atoms with van der Waals surface area (Å²) in [5.41, 5.74) is 11.6. The van der Waals surface area contributed by atoms with Crippen molar-refractivity contribution in [3.05, 3.63) is 168 Å². The minimum absolute atomic E-state index is 0.577. The quantitative estimate of drug-likeness (QED) is 0.193. The number of hydrogen-bond donors (Lipinski definition) is 0. The van der Waals surface area contributed by atoms with Gasteiger partial charge >= 0.3 is 0 Å². The van der Waals surface area contributed by atoms with Crippen molar-refractivity contribution in [2.75, 3.05) is 0 Å². The lowest BCUT2D eigenvalue weighted by Gasteiger charge is -2.18. The van der Waals surface area contributed by atoms with Crippen LogP contribution in [-0.2, 0) is 0 Å². The summed E-state index contributed by atoms with van der Waals surface area (Å²) in [6.07, 6.45) is 0. The minimum atomic E-state index is 0.577. The molecule has 0 unspecified atom stereocenters. The number of benzene rings is 7. The third-order valence-corrected chi connectivity index (χ3v) is 9.64. The molecular weight excluding hydrogens is 611 g/mol. The second kappa shape index (κ2) is 11.4. The molecule has 0 fully saturated rings. The van der Waals surface area contributed by atoms with Crippen molar-refractivity contribution in [2.45, 2.75) is 0 Å². The first-order valence-electron chi connectivity index (χ1n) is 16.3. The molecule has 0 aliphatic carbocycles. The van der Waals surface area contributed by atoms with Crippen LogP contribution in [0.2, 0.25) is 0 Å². The van der Waals surface area contributed by atoms with Crippen molar-refractivity contribution in [3.8, 4) is 51.8 Å². The van der Waals surface area contributed by atoms with E-state index in [1.165, 1.54) is 0 Å². The average molecular weight is 636 g/mol. The summed E-state index contributed by atoms with van der Waals surface area (Å²) in [7, 11) is 0. The summed E-state index contributed by atoms with van der Waals surface area (Å²) in [5, 5.41) is 33.9. The molecule has 0 saturated carbocycles. The minimum Gasteiger partial charge on any atom is -0.309 e. The van der Waals surface area contributed by atoms with Crippen LogP contribution in [0.15, 0.2) is 152 Å². The number of rotatable bonds is 4. The van der Waals surface area contributed by atoms with E-state index in [1.807, 2.05) is 84.9 Å². The van der Waals surface area contributed by atoms with Gasteiger partial charge in [-0.25, -0.2) is 0 Å². The third-order valence-electron chi connectivity index (χ3n) is 9.64. The Morgan fingerprint density at radius 1 is 0.400 bits per heavy atom. The largest absolute Gasteiger partial charge is 0.309 e. The molecule has 2 heterocycles.